The van der Waals surface area contributed by atoms with Crippen molar-refractivity contribution in [1.82, 2.24) is 10.2 Å². The van der Waals surface area contributed by atoms with Crippen molar-refractivity contribution in [2.45, 2.75) is 72.9 Å². The van der Waals surface area contributed by atoms with Gasteiger partial charge in [0, 0.05) is 13.1 Å². The van der Waals surface area contributed by atoms with Gasteiger partial charge in [0.15, 0.2) is 6.61 Å². The number of rotatable bonds is 10. The van der Waals surface area contributed by atoms with Gasteiger partial charge in [0.1, 0.15) is 11.8 Å². The lowest BCUT2D eigenvalue weighted by atomic mass is 9.87. The van der Waals surface area contributed by atoms with Gasteiger partial charge in [-0.05, 0) is 47.9 Å². The van der Waals surface area contributed by atoms with Gasteiger partial charge in [0.05, 0.1) is 0 Å². The van der Waals surface area contributed by atoms with Crippen molar-refractivity contribution in [1.29, 1.82) is 0 Å². The lowest BCUT2D eigenvalue weighted by molar-refractivity contribution is -0.143. The molecule has 1 atom stereocenters. The highest BCUT2D eigenvalue weighted by Gasteiger charge is 2.29. The molecule has 2 rings (SSSR count). The van der Waals surface area contributed by atoms with Crippen LogP contribution in [0.4, 0.5) is 0 Å². The molecule has 5 nitrogen and oxygen atoms in total. The summed E-state index contributed by atoms with van der Waals surface area (Å²) in [5.74, 6) is 0.653. The fourth-order valence-electron chi connectivity index (χ4n) is 3.63. The zero-order valence-corrected chi connectivity index (χ0v) is 21.3. The van der Waals surface area contributed by atoms with Crippen LogP contribution in [-0.2, 0) is 21.5 Å². The first-order valence-electron chi connectivity index (χ1n) is 11.9. The SMILES string of the molecule is CC[C@H](C(=O)NCC(C)C)N(Cc1cccc(C)c1)C(=O)COc1ccc(C(C)(C)C)cc1. The first-order chi connectivity index (χ1) is 15.5. The van der Waals surface area contributed by atoms with Crippen molar-refractivity contribution in [3.8, 4) is 5.75 Å². The van der Waals surface area contributed by atoms with Crippen molar-refractivity contribution >= 4 is 11.8 Å². The Kier molecular flexibility index (Phi) is 9.51. The normalized spacial score (nSPS) is 12.4. The van der Waals surface area contributed by atoms with Crippen LogP contribution < -0.4 is 10.1 Å². The van der Waals surface area contributed by atoms with Gasteiger partial charge in [-0.2, -0.15) is 0 Å². The molecule has 0 spiro atoms. The molecule has 0 saturated carbocycles. The third-order valence-corrected chi connectivity index (χ3v) is 5.59. The molecular formula is C28H40N2O3. The van der Waals surface area contributed by atoms with E-state index in [0.717, 1.165) is 11.1 Å². The fraction of sp³-hybridized carbons (Fsp3) is 0.500. The Hall–Kier alpha value is -2.82. The van der Waals surface area contributed by atoms with E-state index in [1.54, 1.807) is 4.90 Å². The average Bonchev–Trinajstić information content (AvgIpc) is 2.75. The molecule has 0 aliphatic heterocycles. The summed E-state index contributed by atoms with van der Waals surface area (Å²) in [5, 5.41) is 2.99. The maximum atomic E-state index is 13.3. The highest BCUT2D eigenvalue weighted by atomic mass is 16.5. The van der Waals surface area contributed by atoms with Crippen LogP contribution in [0.25, 0.3) is 0 Å². The second kappa shape index (κ2) is 11.9. The standard InChI is InChI=1S/C28H40N2O3/c1-8-25(27(32)29-17-20(2)3)30(18-22-11-9-10-21(4)16-22)26(31)19-33-24-14-12-23(13-15-24)28(5,6)7/h9-16,20,25H,8,17-19H2,1-7H3,(H,29,32)/t25-/m1/s1. The summed E-state index contributed by atoms with van der Waals surface area (Å²) >= 11 is 0. The molecule has 0 aromatic heterocycles. The Bertz CT molecular complexity index is 913. The predicted octanol–water partition coefficient (Wildman–Crippen LogP) is 5.25. The van der Waals surface area contributed by atoms with Crippen molar-refractivity contribution in [2.24, 2.45) is 5.92 Å². The molecule has 2 aromatic rings. The summed E-state index contributed by atoms with van der Waals surface area (Å²) in [4.78, 5) is 27.9. The van der Waals surface area contributed by atoms with Gasteiger partial charge >= 0.3 is 0 Å². The van der Waals surface area contributed by atoms with Crippen LogP contribution in [0, 0.1) is 12.8 Å². The summed E-state index contributed by atoms with van der Waals surface area (Å²) in [6.07, 6.45) is 0.530. The van der Waals surface area contributed by atoms with Gasteiger partial charge in [-0.25, -0.2) is 0 Å². The highest BCUT2D eigenvalue weighted by Crippen LogP contribution is 2.24. The lowest BCUT2D eigenvalue weighted by Gasteiger charge is -2.31. The lowest BCUT2D eigenvalue weighted by Crippen LogP contribution is -2.50. The molecular weight excluding hydrogens is 412 g/mol. The Morgan fingerprint density at radius 3 is 2.27 bits per heavy atom. The molecule has 0 saturated heterocycles. The number of aryl methyl sites for hydroxylation is 1. The number of hydrogen-bond donors (Lipinski definition) is 1. The monoisotopic (exact) mass is 452 g/mol. The zero-order chi connectivity index (χ0) is 24.6. The first-order valence-corrected chi connectivity index (χ1v) is 11.9. The van der Waals surface area contributed by atoms with Gasteiger partial charge in [0.25, 0.3) is 5.91 Å². The van der Waals surface area contributed by atoms with Crippen LogP contribution in [0.2, 0.25) is 0 Å². The van der Waals surface area contributed by atoms with Gasteiger partial charge in [0.2, 0.25) is 5.91 Å². The first kappa shape index (κ1) is 26.4. The topological polar surface area (TPSA) is 58.6 Å². The van der Waals surface area contributed by atoms with E-state index in [1.807, 2.05) is 62.4 Å². The number of carbonyl (C=O) groups is 2. The molecule has 0 bridgehead atoms. The molecule has 1 N–H and O–H groups in total. The molecule has 0 unspecified atom stereocenters. The zero-order valence-electron chi connectivity index (χ0n) is 21.3. The van der Waals surface area contributed by atoms with Gasteiger partial charge in [-0.1, -0.05) is 83.5 Å². The van der Waals surface area contributed by atoms with Gasteiger partial charge in [-0.15, -0.1) is 0 Å². The molecule has 0 radical (unpaired) electrons. The third kappa shape index (κ3) is 8.23. The Morgan fingerprint density at radius 1 is 1.06 bits per heavy atom. The summed E-state index contributed by atoms with van der Waals surface area (Å²) in [5.41, 5.74) is 3.37. The van der Waals surface area contributed by atoms with E-state index >= 15 is 0 Å². The maximum Gasteiger partial charge on any atom is 0.261 e. The van der Waals surface area contributed by atoms with Crippen LogP contribution in [0.3, 0.4) is 0 Å². The second-order valence-corrected chi connectivity index (χ2v) is 10.1. The number of nitrogens with zero attached hydrogens (tertiary/aromatic N) is 1. The van der Waals surface area contributed by atoms with E-state index in [2.05, 4.69) is 39.9 Å². The molecule has 0 fully saturated rings. The number of nitrogens with one attached hydrogen (secondary N) is 1. The molecule has 0 aliphatic carbocycles. The number of benzene rings is 2. The Morgan fingerprint density at radius 2 is 1.73 bits per heavy atom. The molecule has 2 amide bonds. The smallest absolute Gasteiger partial charge is 0.261 e. The maximum absolute atomic E-state index is 13.3. The molecule has 0 heterocycles. The van der Waals surface area contributed by atoms with E-state index in [9.17, 15) is 9.59 Å². The van der Waals surface area contributed by atoms with Crippen LogP contribution in [0.15, 0.2) is 48.5 Å². The average molecular weight is 453 g/mol. The second-order valence-electron chi connectivity index (χ2n) is 10.1. The van der Waals surface area contributed by atoms with Crippen LogP contribution >= 0.6 is 0 Å². The Labute approximate surface area is 199 Å². The third-order valence-electron chi connectivity index (χ3n) is 5.59. The molecule has 33 heavy (non-hydrogen) atoms. The van der Waals surface area contributed by atoms with E-state index in [1.165, 1.54) is 5.56 Å². The molecule has 2 aromatic carbocycles. The quantitative estimate of drug-likeness (QED) is 0.536. The molecule has 5 heteroatoms. The fourth-order valence-corrected chi connectivity index (χ4v) is 3.63. The van der Waals surface area contributed by atoms with Gasteiger partial charge < -0.3 is 15.0 Å². The van der Waals surface area contributed by atoms with Crippen molar-refractivity contribution in [3.05, 3.63) is 65.2 Å². The van der Waals surface area contributed by atoms with Crippen LogP contribution in [0.5, 0.6) is 5.75 Å². The minimum absolute atomic E-state index is 0.0522. The number of hydrogen-bond acceptors (Lipinski definition) is 3. The van der Waals surface area contributed by atoms with E-state index in [-0.39, 0.29) is 23.8 Å². The highest BCUT2D eigenvalue weighted by molar-refractivity contribution is 5.88. The summed E-state index contributed by atoms with van der Waals surface area (Å²) in [7, 11) is 0. The molecule has 0 aliphatic rings. The predicted molar refractivity (Wildman–Crippen MR) is 134 cm³/mol. The van der Waals surface area contributed by atoms with Crippen molar-refractivity contribution in [2.75, 3.05) is 13.2 Å². The number of ether oxygens (including phenoxy) is 1. The van der Waals surface area contributed by atoms with E-state index < -0.39 is 6.04 Å². The van der Waals surface area contributed by atoms with Crippen molar-refractivity contribution < 1.29 is 14.3 Å². The van der Waals surface area contributed by atoms with Crippen LogP contribution in [-0.4, -0.2) is 35.9 Å². The summed E-state index contributed by atoms with van der Waals surface area (Å²) < 4.78 is 5.83. The minimum atomic E-state index is -0.552. The largest absolute Gasteiger partial charge is 0.484 e. The van der Waals surface area contributed by atoms with E-state index in [0.29, 0.717) is 31.2 Å². The summed E-state index contributed by atoms with van der Waals surface area (Å²) in [6.45, 7) is 15.4. The van der Waals surface area contributed by atoms with Crippen LogP contribution in [0.1, 0.15) is 64.7 Å². The Balaban J connectivity index is 2.18. The van der Waals surface area contributed by atoms with Crippen molar-refractivity contribution in [3.63, 3.8) is 0 Å². The minimum Gasteiger partial charge on any atom is -0.484 e. The van der Waals surface area contributed by atoms with Gasteiger partial charge in [-0.3, -0.25) is 9.59 Å². The summed E-state index contributed by atoms with van der Waals surface area (Å²) in [6, 6.07) is 15.3. The van der Waals surface area contributed by atoms with E-state index in [4.69, 9.17) is 4.74 Å². The molecule has 180 valence electrons. The number of carbonyl (C=O) groups excluding carboxylic acids is 2. The number of amides is 2.